The molecule has 1 aliphatic rings. The van der Waals surface area contributed by atoms with E-state index in [9.17, 15) is 4.79 Å². The van der Waals surface area contributed by atoms with Crippen LogP contribution in [0.15, 0.2) is 58.1 Å². The first-order valence-corrected chi connectivity index (χ1v) is 9.07. The number of nitrogens with zero attached hydrogens (tertiary/aromatic N) is 3. The molecule has 0 bridgehead atoms. The second-order valence-corrected chi connectivity index (χ2v) is 6.37. The predicted molar refractivity (Wildman–Crippen MR) is 117 cm³/mol. The number of piperazine rings is 1. The molecule has 1 saturated heterocycles. The number of hydrogen-bond donors (Lipinski definition) is 1. The highest BCUT2D eigenvalue weighted by Gasteiger charge is 2.21. The Hall–Kier alpha value is -2.03. The lowest BCUT2D eigenvalue weighted by Gasteiger charge is -2.36. The van der Waals surface area contributed by atoms with Crippen LogP contribution in [0.2, 0.25) is 0 Å². The van der Waals surface area contributed by atoms with E-state index in [1.165, 1.54) is 5.56 Å². The van der Waals surface area contributed by atoms with Crippen molar-refractivity contribution in [2.75, 3.05) is 32.7 Å². The number of hydrogen-bond acceptors (Lipinski definition) is 3. The summed E-state index contributed by atoms with van der Waals surface area (Å²) in [5.74, 6) is 1.99. The summed E-state index contributed by atoms with van der Waals surface area (Å²) < 4.78 is 5.39. The number of carbonyl (C=O) groups is 1. The maximum absolute atomic E-state index is 11.5. The molecule has 3 rings (SSSR count). The van der Waals surface area contributed by atoms with Crippen LogP contribution in [0.1, 0.15) is 18.2 Å². The number of nitrogens with one attached hydrogen (secondary N) is 1. The van der Waals surface area contributed by atoms with Crippen LogP contribution in [0.5, 0.6) is 0 Å². The summed E-state index contributed by atoms with van der Waals surface area (Å²) in [5, 5.41) is 3.45. The quantitative estimate of drug-likeness (QED) is 0.405. The number of guanidine groups is 1. The van der Waals surface area contributed by atoms with Gasteiger partial charge in [0.1, 0.15) is 5.76 Å². The van der Waals surface area contributed by atoms with Crippen molar-refractivity contribution < 1.29 is 9.21 Å². The van der Waals surface area contributed by atoms with Gasteiger partial charge in [0.05, 0.1) is 12.8 Å². The summed E-state index contributed by atoms with van der Waals surface area (Å²) in [6, 6.07) is 14.1. The highest BCUT2D eigenvalue weighted by Crippen LogP contribution is 2.06. The summed E-state index contributed by atoms with van der Waals surface area (Å²) in [4.78, 5) is 20.5. The normalized spacial score (nSPS) is 14.6. The Morgan fingerprint density at radius 1 is 1.07 bits per heavy atom. The minimum absolute atomic E-state index is 0. The molecule has 2 aromatic rings. The van der Waals surface area contributed by atoms with Crippen LogP contribution in [0.25, 0.3) is 0 Å². The van der Waals surface area contributed by atoms with E-state index >= 15 is 0 Å². The minimum atomic E-state index is 0. The molecule has 0 radical (unpaired) electrons. The maximum atomic E-state index is 11.5. The molecular weight excluding hydrogens is 455 g/mol. The van der Waals surface area contributed by atoms with E-state index in [1.54, 1.807) is 13.2 Å². The van der Waals surface area contributed by atoms with Crippen LogP contribution >= 0.6 is 24.0 Å². The van der Waals surface area contributed by atoms with E-state index in [1.807, 2.05) is 35.2 Å². The Bertz CT molecular complexity index is 711. The molecule has 146 valence electrons. The maximum Gasteiger partial charge on any atom is 0.219 e. The second kappa shape index (κ2) is 11.0. The predicted octanol–water partition coefficient (Wildman–Crippen LogP) is 2.75. The van der Waals surface area contributed by atoms with E-state index in [-0.39, 0.29) is 29.9 Å². The molecular formula is C20H27IN4O2. The standard InChI is InChI=1S/C20H26N4O2.HI/c1-17(25)23-11-13-24(14-12-23)20(21-10-9-19-8-5-15-26-19)22-16-18-6-3-2-4-7-18;/h2-8,15H,9-14,16H2,1H3,(H,21,22);1H. The van der Waals surface area contributed by atoms with Crippen LogP contribution < -0.4 is 5.32 Å². The molecule has 1 aliphatic heterocycles. The average molecular weight is 482 g/mol. The van der Waals surface area contributed by atoms with E-state index in [2.05, 4.69) is 22.3 Å². The third kappa shape index (κ3) is 6.57. The lowest BCUT2D eigenvalue weighted by molar-refractivity contribution is -0.130. The van der Waals surface area contributed by atoms with Crippen molar-refractivity contribution in [2.24, 2.45) is 4.99 Å². The Labute approximate surface area is 177 Å². The summed E-state index contributed by atoms with van der Waals surface area (Å²) in [5.41, 5.74) is 1.18. The molecule has 0 unspecified atom stereocenters. The molecule has 0 atom stereocenters. The number of rotatable bonds is 5. The van der Waals surface area contributed by atoms with Gasteiger partial charge in [0, 0.05) is 46.1 Å². The van der Waals surface area contributed by atoms with Gasteiger partial charge in [-0.3, -0.25) is 4.79 Å². The summed E-state index contributed by atoms with van der Waals surface area (Å²) in [7, 11) is 0. The van der Waals surface area contributed by atoms with Gasteiger partial charge in [-0.1, -0.05) is 30.3 Å². The van der Waals surface area contributed by atoms with Crippen LogP contribution in [0.4, 0.5) is 0 Å². The lowest BCUT2D eigenvalue weighted by atomic mass is 10.2. The van der Waals surface area contributed by atoms with Crippen molar-refractivity contribution in [3.63, 3.8) is 0 Å². The van der Waals surface area contributed by atoms with Gasteiger partial charge in [-0.2, -0.15) is 0 Å². The van der Waals surface area contributed by atoms with Crippen molar-refractivity contribution in [3.05, 3.63) is 60.1 Å². The molecule has 1 amide bonds. The first kappa shape index (κ1) is 21.3. The molecule has 0 spiro atoms. The number of aliphatic imine (C=N–C) groups is 1. The topological polar surface area (TPSA) is 61.1 Å². The number of furan rings is 1. The third-order valence-corrected chi connectivity index (χ3v) is 4.51. The molecule has 2 heterocycles. The third-order valence-electron chi connectivity index (χ3n) is 4.51. The average Bonchev–Trinajstić information content (AvgIpc) is 3.19. The highest BCUT2D eigenvalue weighted by atomic mass is 127. The zero-order valence-corrected chi connectivity index (χ0v) is 18.0. The van der Waals surface area contributed by atoms with Gasteiger partial charge in [-0.25, -0.2) is 4.99 Å². The van der Waals surface area contributed by atoms with Gasteiger partial charge in [-0.15, -0.1) is 24.0 Å². The van der Waals surface area contributed by atoms with Gasteiger partial charge >= 0.3 is 0 Å². The molecule has 6 nitrogen and oxygen atoms in total. The van der Waals surface area contributed by atoms with Crippen molar-refractivity contribution in [3.8, 4) is 0 Å². The van der Waals surface area contributed by atoms with Crippen molar-refractivity contribution in [1.82, 2.24) is 15.1 Å². The molecule has 1 aromatic carbocycles. The van der Waals surface area contributed by atoms with Crippen LogP contribution in [0, 0.1) is 0 Å². The monoisotopic (exact) mass is 482 g/mol. The highest BCUT2D eigenvalue weighted by molar-refractivity contribution is 14.0. The van der Waals surface area contributed by atoms with Gasteiger partial charge in [0.25, 0.3) is 0 Å². The molecule has 0 aliphatic carbocycles. The van der Waals surface area contributed by atoms with E-state index in [0.717, 1.165) is 50.9 Å². The number of benzene rings is 1. The Kier molecular flexibility index (Phi) is 8.63. The molecule has 1 aromatic heterocycles. The Morgan fingerprint density at radius 3 is 2.41 bits per heavy atom. The number of halogens is 1. The van der Waals surface area contributed by atoms with Gasteiger partial charge < -0.3 is 19.5 Å². The first-order chi connectivity index (χ1) is 12.7. The van der Waals surface area contributed by atoms with E-state index in [0.29, 0.717) is 6.54 Å². The Balaban J connectivity index is 0.00000261. The zero-order valence-electron chi connectivity index (χ0n) is 15.6. The number of amides is 1. The summed E-state index contributed by atoms with van der Waals surface area (Å²) in [6.45, 7) is 6.08. The largest absolute Gasteiger partial charge is 0.469 e. The number of carbonyl (C=O) groups excluding carboxylic acids is 1. The van der Waals surface area contributed by atoms with Crippen LogP contribution in [0.3, 0.4) is 0 Å². The van der Waals surface area contributed by atoms with Gasteiger partial charge in [0.2, 0.25) is 5.91 Å². The fourth-order valence-electron chi connectivity index (χ4n) is 3.00. The van der Waals surface area contributed by atoms with Crippen molar-refractivity contribution in [1.29, 1.82) is 0 Å². The van der Waals surface area contributed by atoms with Crippen LogP contribution in [-0.4, -0.2) is 54.4 Å². The molecule has 0 saturated carbocycles. The van der Waals surface area contributed by atoms with Gasteiger partial charge in [0.15, 0.2) is 5.96 Å². The molecule has 27 heavy (non-hydrogen) atoms. The molecule has 7 heteroatoms. The van der Waals surface area contributed by atoms with E-state index < -0.39 is 0 Å². The fourth-order valence-corrected chi connectivity index (χ4v) is 3.00. The molecule has 1 N–H and O–H groups in total. The summed E-state index contributed by atoms with van der Waals surface area (Å²) in [6.07, 6.45) is 2.51. The lowest BCUT2D eigenvalue weighted by Crippen LogP contribution is -2.53. The van der Waals surface area contributed by atoms with Gasteiger partial charge in [-0.05, 0) is 17.7 Å². The van der Waals surface area contributed by atoms with E-state index in [4.69, 9.17) is 9.41 Å². The Morgan fingerprint density at radius 2 is 1.78 bits per heavy atom. The van der Waals surface area contributed by atoms with Crippen molar-refractivity contribution >= 4 is 35.8 Å². The summed E-state index contributed by atoms with van der Waals surface area (Å²) >= 11 is 0. The van der Waals surface area contributed by atoms with Crippen molar-refractivity contribution in [2.45, 2.75) is 19.9 Å². The fraction of sp³-hybridized carbons (Fsp3) is 0.400. The first-order valence-electron chi connectivity index (χ1n) is 9.07. The SMILES string of the molecule is CC(=O)N1CCN(C(=NCc2ccccc2)NCCc2ccco2)CC1.I. The minimum Gasteiger partial charge on any atom is -0.469 e. The smallest absolute Gasteiger partial charge is 0.219 e. The molecule has 1 fully saturated rings. The zero-order chi connectivity index (χ0) is 18.2. The van der Waals surface area contributed by atoms with Crippen LogP contribution in [-0.2, 0) is 17.8 Å². The second-order valence-electron chi connectivity index (χ2n) is 6.37.